The van der Waals surface area contributed by atoms with E-state index >= 15 is 0 Å². The van der Waals surface area contributed by atoms with Crippen LogP contribution >= 0.6 is 0 Å². The van der Waals surface area contributed by atoms with Crippen molar-refractivity contribution in [3.05, 3.63) is 29.6 Å². The summed E-state index contributed by atoms with van der Waals surface area (Å²) in [6.45, 7) is 4.64. The summed E-state index contributed by atoms with van der Waals surface area (Å²) in [4.78, 5) is 29.9. The van der Waals surface area contributed by atoms with Gasteiger partial charge >= 0.3 is 6.09 Å². The second-order valence-corrected chi connectivity index (χ2v) is 8.37. The molecular weight excluding hydrogens is 377 g/mol. The molecular formula is C21H28FN3O4. The molecule has 3 heterocycles. The first-order valence-electron chi connectivity index (χ1n) is 10.2. The minimum Gasteiger partial charge on any atom is -0.497 e. The summed E-state index contributed by atoms with van der Waals surface area (Å²) in [5.74, 6) is 0.425. The molecule has 7 nitrogen and oxygen atoms in total. The number of ether oxygens (including phenoxy) is 2. The number of halogens is 1. The number of benzene rings is 1. The van der Waals surface area contributed by atoms with Crippen LogP contribution in [0.3, 0.4) is 0 Å². The lowest BCUT2D eigenvalue weighted by atomic mass is 9.79. The van der Waals surface area contributed by atoms with Crippen molar-refractivity contribution in [3.63, 3.8) is 0 Å². The molecule has 0 N–H and O–H groups in total. The molecule has 0 aliphatic carbocycles. The smallest absolute Gasteiger partial charge is 0.410 e. The number of nitrogens with zero attached hydrogens (tertiary/aromatic N) is 3. The van der Waals surface area contributed by atoms with Crippen molar-refractivity contribution in [3.8, 4) is 5.75 Å². The zero-order valence-electron chi connectivity index (χ0n) is 16.9. The van der Waals surface area contributed by atoms with Crippen molar-refractivity contribution in [2.24, 2.45) is 5.41 Å². The fourth-order valence-electron chi connectivity index (χ4n) is 4.80. The Hall–Kier alpha value is -2.35. The molecule has 2 amide bonds. The zero-order chi connectivity index (χ0) is 20.4. The first-order chi connectivity index (χ1) is 14.0. The number of amides is 2. The fraction of sp³-hybridized carbons (Fsp3) is 0.619. The van der Waals surface area contributed by atoms with Gasteiger partial charge in [-0.05, 0) is 44.0 Å². The van der Waals surface area contributed by atoms with E-state index in [1.165, 1.54) is 11.0 Å². The van der Waals surface area contributed by atoms with Crippen LogP contribution in [0.15, 0.2) is 18.2 Å². The third kappa shape index (κ3) is 4.32. The lowest BCUT2D eigenvalue weighted by molar-refractivity contribution is -0.131. The van der Waals surface area contributed by atoms with Crippen molar-refractivity contribution in [2.75, 3.05) is 53.0 Å². The van der Waals surface area contributed by atoms with Crippen LogP contribution in [0, 0.1) is 11.2 Å². The van der Waals surface area contributed by atoms with Crippen molar-refractivity contribution in [2.45, 2.75) is 25.8 Å². The van der Waals surface area contributed by atoms with Crippen LogP contribution in [0.4, 0.5) is 9.18 Å². The van der Waals surface area contributed by atoms with Gasteiger partial charge in [-0.2, -0.15) is 0 Å². The molecule has 0 aromatic heterocycles. The molecule has 8 heteroatoms. The SMILES string of the molecule is COc1ccc(F)c(CN2CCCC3(CCN(C(=O)CN4CCOC4=O)C3)C2)c1. The Bertz CT molecular complexity index is 789. The van der Waals surface area contributed by atoms with Crippen molar-refractivity contribution >= 4 is 12.0 Å². The average Bonchev–Trinajstić information content (AvgIpc) is 3.30. The lowest BCUT2D eigenvalue weighted by Crippen LogP contribution is -2.46. The number of rotatable bonds is 5. The Morgan fingerprint density at radius 3 is 2.86 bits per heavy atom. The maximum atomic E-state index is 14.2. The molecule has 0 saturated carbocycles. The second kappa shape index (κ2) is 8.18. The number of carbonyl (C=O) groups excluding carboxylic acids is 2. The molecule has 3 aliphatic rings. The van der Waals surface area contributed by atoms with Crippen LogP contribution in [0.1, 0.15) is 24.8 Å². The number of likely N-dealkylation sites (tertiary alicyclic amines) is 2. The number of cyclic esters (lactones) is 1. The molecule has 1 atom stereocenters. The quantitative estimate of drug-likeness (QED) is 0.751. The monoisotopic (exact) mass is 405 g/mol. The van der Waals surface area contributed by atoms with E-state index in [-0.39, 0.29) is 23.7 Å². The third-order valence-electron chi connectivity index (χ3n) is 6.35. The lowest BCUT2D eigenvalue weighted by Gasteiger charge is -2.40. The predicted molar refractivity (Wildman–Crippen MR) is 104 cm³/mol. The summed E-state index contributed by atoms with van der Waals surface area (Å²) in [5.41, 5.74) is 0.689. The van der Waals surface area contributed by atoms with Crippen molar-refractivity contribution < 1.29 is 23.5 Å². The van der Waals surface area contributed by atoms with Gasteiger partial charge in [-0.3, -0.25) is 14.6 Å². The van der Waals surface area contributed by atoms with E-state index in [2.05, 4.69) is 4.90 Å². The van der Waals surface area contributed by atoms with Gasteiger partial charge in [-0.25, -0.2) is 9.18 Å². The molecule has 1 spiro atoms. The Labute approximate surface area is 170 Å². The van der Waals surface area contributed by atoms with Gasteiger partial charge in [0.1, 0.15) is 24.7 Å². The summed E-state index contributed by atoms with van der Waals surface area (Å²) >= 11 is 0. The molecule has 29 heavy (non-hydrogen) atoms. The molecule has 1 aromatic carbocycles. The van der Waals surface area contributed by atoms with E-state index in [1.807, 2.05) is 4.90 Å². The fourth-order valence-corrected chi connectivity index (χ4v) is 4.80. The van der Waals surface area contributed by atoms with E-state index < -0.39 is 6.09 Å². The molecule has 3 aliphatic heterocycles. The Balaban J connectivity index is 1.37. The standard InChI is InChI=1S/C21H28FN3O4/c1-28-17-3-4-18(22)16(11-17)12-23-7-2-5-21(14-23)6-8-25(15-21)19(26)13-24-9-10-29-20(24)27/h3-4,11H,2,5-10,12-15H2,1H3. The second-order valence-electron chi connectivity index (χ2n) is 8.37. The maximum Gasteiger partial charge on any atom is 0.410 e. The third-order valence-corrected chi connectivity index (χ3v) is 6.35. The normalized spacial score (nSPS) is 25.0. The largest absolute Gasteiger partial charge is 0.497 e. The van der Waals surface area contributed by atoms with Gasteiger partial charge in [0.15, 0.2) is 0 Å². The van der Waals surface area contributed by atoms with E-state index in [9.17, 15) is 14.0 Å². The van der Waals surface area contributed by atoms with Crippen LogP contribution in [-0.2, 0) is 16.1 Å². The summed E-state index contributed by atoms with van der Waals surface area (Å²) in [6.07, 6.45) is 2.64. The van der Waals surface area contributed by atoms with Gasteiger partial charge in [0, 0.05) is 37.2 Å². The van der Waals surface area contributed by atoms with Gasteiger partial charge in [-0.1, -0.05) is 0 Å². The van der Waals surface area contributed by atoms with Gasteiger partial charge in [0.2, 0.25) is 5.91 Å². The molecule has 3 saturated heterocycles. The molecule has 1 unspecified atom stereocenters. The van der Waals surface area contributed by atoms with Crippen LogP contribution in [0.5, 0.6) is 5.75 Å². The highest BCUT2D eigenvalue weighted by atomic mass is 19.1. The summed E-state index contributed by atoms with van der Waals surface area (Å²) in [5, 5.41) is 0. The van der Waals surface area contributed by atoms with Crippen molar-refractivity contribution in [1.29, 1.82) is 0 Å². The van der Waals surface area contributed by atoms with Gasteiger partial charge in [-0.15, -0.1) is 0 Å². The highest BCUT2D eigenvalue weighted by Gasteiger charge is 2.43. The number of hydrogen-bond donors (Lipinski definition) is 0. The minimum atomic E-state index is -0.406. The summed E-state index contributed by atoms with van der Waals surface area (Å²) < 4.78 is 24.4. The van der Waals surface area contributed by atoms with Crippen LogP contribution in [-0.4, -0.2) is 79.7 Å². The average molecular weight is 405 g/mol. The first-order valence-corrected chi connectivity index (χ1v) is 10.2. The predicted octanol–water partition coefficient (Wildman–Crippen LogP) is 2.10. The first kappa shape index (κ1) is 19.9. The zero-order valence-corrected chi connectivity index (χ0v) is 16.9. The van der Waals surface area contributed by atoms with E-state index in [0.717, 1.165) is 32.4 Å². The highest BCUT2D eigenvalue weighted by Crippen LogP contribution is 2.39. The van der Waals surface area contributed by atoms with Gasteiger partial charge in [0.25, 0.3) is 0 Å². The van der Waals surface area contributed by atoms with Gasteiger partial charge < -0.3 is 14.4 Å². The van der Waals surface area contributed by atoms with Crippen molar-refractivity contribution in [1.82, 2.24) is 14.7 Å². The highest BCUT2D eigenvalue weighted by molar-refractivity contribution is 5.83. The van der Waals surface area contributed by atoms with E-state index in [1.54, 1.807) is 19.2 Å². The topological polar surface area (TPSA) is 62.3 Å². The Morgan fingerprint density at radius 1 is 1.24 bits per heavy atom. The van der Waals surface area contributed by atoms with Crippen LogP contribution < -0.4 is 4.74 Å². The summed E-state index contributed by atoms with van der Waals surface area (Å²) in [6, 6.07) is 4.84. The molecule has 158 valence electrons. The van der Waals surface area contributed by atoms with Crippen LogP contribution in [0.25, 0.3) is 0 Å². The van der Waals surface area contributed by atoms with Gasteiger partial charge in [0.05, 0.1) is 13.7 Å². The minimum absolute atomic E-state index is 0.0170. The molecule has 0 radical (unpaired) electrons. The molecule has 4 rings (SSSR count). The van der Waals surface area contributed by atoms with E-state index in [4.69, 9.17) is 9.47 Å². The molecule has 0 bridgehead atoms. The Morgan fingerprint density at radius 2 is 2.10 bits per heavy atom. The number of carbonyl (C=O) groups is 2. The molecule has 1 aromatic rings. The number of piperidine rings is 1. The maximum absolute atomic E-state index is 14.2. The van der Waals surface area contributed by atoms with E-state index in [0.29, 0.717) is 44.1 Å². The number of methoxy groups -OCH3 is 1. The summed E-state index contributed by atoms with van der Waals surface area (Å²) in [7, 11) is 1.58. The Kier molecular flexibility index (Phi) is 5.63. The number of hydrogen-bond acceptors (Lipinski definition) is 5. The molecule has 3 fully saturated rings. The van der Waals surface area contributed by atoms with Crippen LogP contribution in [0.2, 0.25) is 0 Å².